The van der Waals surface area contributed by atoms with E-state index in [1.807, 2.05) is 18.2 Å². The highest BCUT2D eigenvalue weighted by atomic mass is 79.9. The first-order chi connectivity index (χ1) is 12.9. The first-order valence-corrected chi connectivity index (χ1v) is 9.43. The average Bonchev–Trinajstić information content (AvgIpc) is 2.90. The molecule has 0 spiro atoms. The monoisotopic (exact) mass is 446 g/mol. The number of carbonyl (C=O) groups is 2. The van der Waals surface area contributed by atoms with Gasteiger partial charge < -0.3 is 9.84 Å². The molecule has 27 heavy (non-hydrogen) atoms. The van der Waals surface area contributed by atoms with Crippen molar-refractivity contribution in [3.05, 3.63) is 63.0 Å². The number of ether oxygens (including phenoxy) is 1. The average molecular weight is 447 g/mol. The zero-order valence-electron chi connectivity index (χ0n) is 14.5. The van der Waals surface area contributed by atoms with Crippen molar-refractivity contribution in [2.45, 2.75) is 0 Å². The summed E-state index contributed by atoms with van der Waals surface area (Å²) in [7, 11) is 3.23. The summed E-state index contributed by atoms with van der Waals surface area (Å²) in [5, 5.41) is 9.58. The van der Waals surface area contributed by atoms with E-state index >= 15 is 0 Å². The molecule has 1 aliphatic heterocycles. The Hall–Kier alpha value is -2.58. The number of halogens is 1. The maximum atomic E-state index is 12.5. The second-order valence-corrected chi connectivity index (χ2v) is 7.48. The second-order valence-electron chi connectivity index (χ2n) is 5.62. The van der Waals surface area contributed by atoms with Crippen LogP contribution in [0.15, 0.2) is 56.8 Å². The number of hydrogen-bond donors (Lipinski definition) is 1. The lowest BCUT2D eigenvalue weighted by atomic mass is 10.2. The van der Waals surface area contributed by atoms with E-state index in [2.05, 4.69) is 20.9 Å². The Bertz CT molecular complexity index is 987. The summed E-state index contributed by atoms with van der Waals surface area (Å²) in [5.74, 6) is -0.480. The number of rotatable bonds is 4. The zero-order valence-corrected chi connectivity index (χ0v) is 16.9. The number of benzene rings is 2. The van der Waals surface area contributed by atoms with Gasteiger partial charge in [-0.25, -0.2) is 9.79 Å². The fourth-order valence-corrected chi connectivity index (χ4v) is 3.94. The largest absolute Gasteiger partial charge is 0.496 e. The molecule has 0 unspecified atom stereocenters. The lowest BCUT2D eigenvalue weighted by molar-refractivity contribution is -0.121. The van der Waals surface area contributed by atoms with Gasteiger partial charge in [0, 0.05) is 7.05 Å². The van der Waals surface area contributed by atoms with Gasteiger partial charge in [0.1, 0.15) is 5.75 Å². The van der Waals surface area contributed by atoms with E-state index < -0.39 is 5.97 Å². The first-order valence-electron chi connectivity index (χ1n) is 7.82. The summed E-state index contributed by atoms with van der Waals surface area (Å²) in [6.07, 6.45) is 1.78. The number of amides is 1. The van der Waals surface area contributed by atoms with E-state index in [1.165, 1.54) is 28.8 Å². The molecule has 2 aromatic carbocycles. The molecule has 3 rings (SSSR count). The van der Waals surface area contributed by atoms with Gasteiger partial charge in [0.05, 0.1) is 27.7 Å². The standard InChI is InChI=1S/C19H15BrN2O4S/c1-22-17(23)16(9-11-6-7-15(26-2)14(20)8-11)27-19(22)21-13-5-3-4-12(10-13)18(24)25/h3-10H,1-2H3,(H,24,25). The number of amidine groups is 1. The van der Waals surface area contributed by atoms with Gasteiger partial charge in [0.25, 0.3) is 5.91 Å². The fourth-order valence-electron chi connectivity index (χ4n) is 2.39. The Kier molecular flexibility index (Phi) is 5.67. The van der Waals surface area contributed by atoms with E-state index in [9.17, 15) is 9.59 Å². The topological polar surface area (TPSA) is 79.2 Å². The van der Waals surface area contributed by atoms with E-state index in [-0.39, 0.29) is 11.5 Å². The number of thioether (sulfide) groups is 1. The number of nitrogens with zero attached hydrogens (tertiary/aromatic N) is 2. The molecule has 138 valence electrons. The number of aromatic carboxylic acids is 1. The van der Waals surface area contributed by atoms with Gasteiger partial charge in [-0.2, -0.15) is 0 Å². The minimum atomic E-state index is -1.02. The van der Waals surface area contributed by atoms with Crippen molar-refractivity contribution in [1.29, 1.82) is 0 Å². The number of carbonyl (C=O) groups excluding carboxylic acids is 1. The molecule has 1 heterocycles. The predicted molar refractivity (Wildman–Crippen MR) is 110 cm³/mol. The first kappa shape index (κ1) is 19.2. The van der Waals surface area contributed by atoms with Crippen molar-refractivity contribution in [2.24, 2.45) is 4.99 Å². The van der Waals surface area contributed by atoms with Crippen LogP contribution in [0.2, 0.25) is 0 Å². The fraction of sp³-hybridized carbons (Fsp3) is 0.105. The minimum absolute atomic E-state index is 0.146. The molecule has 1 amide bonds. The van der Waals surface area contributed by atoms with E-state index in [4.69, 9.17) is 9.84 Å². The summed E-state index contributed by atoms with van der Waals surface area (Å²) < 4.78 is 6.00. The molecule has 0 bridgehead atoms. The number of likely N-dealkylation sites (N-methyl/N-ethyl adjacent to an activating group) is 1. The molecule has 0 radical (unpaired) electrons. The number of carboxylic acid groups (broad SMARTS) is 1. The molecule has 0 atom stereocenters. The lowest BCUT2D eigenvalue weighted by Gasteiger charge is -2.07. The summed E-state index contributed by atoms with van der Waals surface area (Å²) in [6, 6.07) is 11.8. The molecular weight excluding hydrogens is 432 g/mol. The summed E-state index contributed by atoms with van der Waals surface area (Å²) in [6.45, 7) is 0. The van der Waals surface area contributed by atoms with Crippen LogP contribution in [0, 0.1) is 0 Å². The minimum Gasteiger partial charge on any atom is -0.496 e. The smallest absolute Gasteiger partial charge is 0.335 e. The van der Waals surface area contributed by atoms with Crippen molar-refractivity contribution in [1.82, 2.24) is 4.90 Å². The zero-order chi connectivity index (χ0) is 19.6. The van der Waals surface area contributed by atoms with Gasteiger partial charge in [0.2, 0.25) is 0 Å². The van der Waals surface area contributed by atoms with Crippen LogP contribution in [0.4, 0.5) is 5.69 Å². The maximum absolute atomic E-state index is 12.5. The van der Waals surface area contributed by atoms with Gasteiger partial charge in [-0.3, -0.25) is 9.69 Å². The van der Waals surface area contributed by atoms with Gasteiger partial charge in [0.15, 0.2) is 5.17 Å². The van der Waals surface area contributed by atoms with Crippen molar-refractivity contribution in [2.75, 3.05) is 14.2 Å². The van der Waals surface area contributed by atoms with E-state index in [0.29, 0.717) is 21.5 Å². The van der Waals surface area contributed by atoms with Crippen LogP contribution in [0.5, 0.6) is 5.75 Å². The highest BCUT2D eigenvalue weighted by Crippen LogP contribution is 2.34. The van der Waals surface area contributed by atoms with Crippen LogP contribution in [-0.2, 0) is 4.79 Å². The van der Waals surface area contributed by atoms with Crippen molar-refractivity contribution >= 4 is 56.5 Å². The third-order valence-electron chi connectivity index (χ3n) is 3.80. The summed E-state index contributed by atoms with van der Waals surface area (Å²) in [5.41, 5.74) is 1.47. The molecular formula is C19H15BrN2O4S. The second kappa shape index (κ2) is 7.98. The van der Waals surface area contributed by atoms with Crippen LogP contribution in [0.3, 0.4) is 0 Å². The number of carboxylic acids is 1. The third-order valence-corrected chi connectivity index (χ3v) is 5.47. The van der Waals surface area contributed by atoms with Crippen molar-refractivity contribution in [3.8, 4) is 5.75 Å². The van der Waals surface area contributed by atoms with Crippen LogP contribution in [-0.4, -0.2) is 41.2 Å². The van der Waals surface area contributed by atoms with Crippen LogP contribution in [0.25, 0.3) is 6.08 Å². The normalized spacial score (nSPS) is 17.0. The Labute approximate surface area is 168 Å². The molecule has 1 aliphatic rings. The van der Waals surface area contributed by atoms with Gasteiger partial charge in [-0.05, 0) is 69.7 Å². The molecule has 0 aliphatic carbocycles. The third kappa shape index (κ3) is 4.23. The van der Waals surface area contributed by atoms with Crippen molar-refractivity contribution < 1.29 is 19.4 Å². The van der Waals surface area contributed by atoms with Crippen LogP contribution >= 0.6 is 27.7 Å². The lowest BCUT2D eigenvalue weighted by Crippen LogP contribution is -2.23. The number of methoxy groups -OCH3 is 1. The summed E-state index contributed by atoms with van der Waals surface area (Å²) in [4.78, 5) is 30.0. The quantitative estimate of drug-likeness (QED) is 0.704. The molecule has 1 saturated heterocycles. The van der Waals surface area contributed by atoms with E-state index in [0.717, 1.165) is 10.0 Å². The highest BCUT2D eigenvalue weighted by Gasteiger charge is 2.30. The SMILES string of the molecule is COc1ccc(C=C2SC(=Nc3cccc(C(=O)O)c3)N(C)C2=O)cc1Br. The van der Waals surface area contributed by atoms with E-state index in [1.54, 1.807) is 32.4 Å². The molecule has 8 heteroatoms. The molecule has 1 fully saturated rings. The Morgan fingerprint density at radius 1 is 1.30 bits per heavy atom. The molecule has 6 nitrogen and oxygen atoms in total. The molecule has 0 saturated carbocycles. The van der Waals surface area contributed by atoms with Crippen LogP contribution < -0.4 is 4.74 Å². The Balaban J connectivity index is 1.89. The highest BCUT2D eigenvalue weighted by molar-refractivity contribution is 9.10. The maximum Gasteiger partial charge on any atom is 0.335 e. The van der Waals surface area contributed by atoms with Crippen LogP contribution in [0.1, 0.15) is 15.9 Å². The molecule has 0 aromatic heterocycles. The van der Waals surface area contributed by atoms with Gasteiger partial charge >= 0.3 is 5.97 Å². The number of hydrogen-bond acceptors (Lipinski definition) is 5. The van der Waals surface area contributed by atoms with Gasteiger partial charge in [-0.1, -0.05) is 12.1 Å². The molecule has 2 aromatic rings. The molecule has 1 N–H and O–H groups in total. The number of aliphatic imine (C=N–C) groups is 1. The summed E-state index contributed by atoms with van der Waals surface area (Å²) >= 11 is 4.67. The van der Waals surface area contributed by atoms with Gasteiger partial charge in [-0.15, -0.1) is 0 Å². The Morgan fingerprint density at radius 3 is 2.74 bits per heavy atom. The Morgan fingerprint density at radius 2 is 2.07 bits per heavy atom. The van der Waals surface area contributed by atoms with Crippen molar-refractivity contribution in [3.63, 3.8) is 0 Å². The predicted octanol–water partition coefficient (Wildman–Crippen LogP) is 4.39.